The predicted molar refractivity (Wildman–Crippen MR) is 101 cm³/mol. The zero-order valence-corrected chi connectivity index (χ0v) is 15.4. The van der Waals surface area contributed by atoms with Gasteiger partial charge in [-0.3, -0.25) is 4.79 Å². The number of aryl methyl sites for hydroxylation is 1. The van der Waals surface area contributed by atoms with Crippen LogP contribution >= 0.6 is 11.6 Å². The standard InChI is InChI=1S/C19H22ClN5O/c20-15-6-5-14-8-11-24(16(14)12-15)13-19(26)21-9-7-18-23-22-17-4-2-1-3-10-25(17)18/h5-6,8,11-12H,1-4,7,9-10,13H2,(H,21,26). The van der Waals surface area contributed by atoms with Crippen LogP contribution in [0.4, 0.5) is 0 Å². The first-order valence-corrected chi connectivity index (χ1v) is 9.50. The number of nitrogens with zero attached hydrogens (tertiary/aromatic N) is 4. The summed E-state index contributed by atoms with van der Waals surface area (Å²) in [5.74, 6) is 2.04. The van der Waals surface area contributed by atoms with E-state index in [2.05, 4.69) is 20.1 Å². The van der Waals surface area contributed by atoms with Crippen LogP contribution in [-0.4, -0.2) is 31.8 Å². The molecule has 4 rings (SSSR count). The summed E-state index contributed by atoms with van der Waals surface area (Å²) in [4.78, 5) is 12.3. The molecule has 3 heterocycles. The second-order valence-corrected chi connectivity index (χ2v) is 7.18. The first-order chi connectivity index (χ1) is 12.7. The van der Waals surface area contributed by atoms with Gasteiger partial charge >= 0.3 is 0 Å². The number of amides is 1. The molecule has 0 radical (unpaired) electrons. The molecule has 26 heavy (non-hydrogen) atoms. The average molecular weight is 372 g/mol. The summed E-state index contributed by atoms with van der Waals surface area (Å²) in [6.07, 6.45) is 7.23. The molecule has 1 N–H and O–H groups in total. The van der Waals surface area contributed by atoms with Crippen LogP contribution in [0.25, 0.3) is 10.9 Å². The molecule has 3 aromatic rings. The van der Waals surface area contributed by atoms with Gasteiger partial charge in [0, 0.05) is 42.7 Å². The van der Waals surface area contributed by atoms with Gasteiger partial charge in [0.05, 0.1) is 0 Å². The summed E-state index contributed by atoms with van der Waals surface area (Å²) < 4.78 is 4.14. The van der Waals surface area contributed by atoms with Crippen molar-refractivity contribution >= 4 is 28.4 Å². The molecule has 1 aliphatic rings. The highest BCUT2D eigenvalue weighted by molar-refractivity contribution is 6.31. The molecule has 7 heteroatoms. The van der Waals surface area contributed by atoms with E-state index in [1.165, 1.54) is 19.3 Å². The van der Waals surface area contributed by atoms with Crippen LogP contribution in [-0.2, 0) is 30.7 Å². The van der Waals surface area contributed by atoms with E-state index in [1.54, 1.807) is 0 Å². The molecule has 1 amide bonds. The highest BCUT2D eigenvalue weighted by atomic mass is 35.5. The van der Waals surface area contributed by atoms with E-state index in [1.807, 2.05) is 35.0 Å². The number of aromatic nitrogens is 4. The van der Waals surface area contributed by atoms with Crippen molar-refractivity contribution < 1.29 is 4.79 Å². The Bertz CT molecular complexity index is 929. The van der Waals surface area contributed by atoms with Crippen molar-refractivity contribution in [1.82, 2.24) is 24.6 Å². The number of rotatable bonds is 5. The summed E-state index contributed by atoms with van der Waals surface area (Å²) in [5, 5.41) is 13.3. The summed E-state index contributed by atoms with van der Waals surface area (Å²) >= 11 is 6.07. The fourth-order valence-electron chi connectivity index (χ4n) is 3.55. The van der Waals surface area contributed by atoms with Gasteiger partial charge in [-0.25, -0.2) is 0 Å². The normalized spacial score (nSPS) is 14.2. The number of carbonyl (C=O) groups is 1. The number of benzene rings is 1. The van der Waals surface area contributed by atoms with E-state index in [0.717, 1.165) is 35.5 Å². The second kappa shape index (κ2) is 7.50. The summed E-state index contributed by atoms with van der Waals surface area (Å²) in [5.41, 5.74) is 0.968. The maximum absolute atomic E-state index is 12.3. The lowest BCUT2D eigenvalue weighted by atomic mass is 10.2. The molecule has 136 valence electrons. The van der Waals surface area contributed by atoms with Crippen molar-refractivity contribution in [2.45, 2.75) is 45.2 Å². The van der Waals surface area contributed by atoms with Gasteiger partial charge in [-0.15, -0.1) is 10.2 Å². The first kappa shape index (κ1) is 17.1. The third-order valence-corrected chi connectivity index (χ3v) is 5.14. The molecule has 2 aromatic heterocycles. The average Bonchev–Trinajstić information content (AvgIpc) is 3.11. The number of hydrogen-bond acceptors (Lipinski definition) is 3. The molecule has 0 saturated heterocycles. The van der Waals surface area contributed by atoms with Crippen molar-refractivity contribution in [3.05, 3.63) is 47.1 Å². The Kier molecular flexibility index (Phi) is 4.93. The van der Waals surface area contributed by atoms with Crippen molar-refractivity contribution in [1.29, 1.82) is 0 Å². The smallest absolute Gasteiger partial charge is 0.239 e. The zero-order chi connectivity index (χ0) is 17.9. The van der Waals surface area contributed by atoms with Crippen LogP contribution in [0.1, 0.15) is 30.9 Å². The number of nitrogens with one attached hydrogen (secondary N) is 1. The van der Waals surface area contributed by atoms with Crippen LogP contribution < -0.4 is 5.32 Å². The Morgan fingerprint density at radius 3 is 3.04 bits per heavy atom. The predicted octanol–water partition coefficient (Wildman–Crippen LogP) is 2.97. The van der Waals surface area contributed by atoms with E-state index < -0.39 is 0 Å². The maximum Gasteiger partial charge on any atom is 0.239 e. The van der Waals surface area contributed by atoms with E-state index in [-0.39, 0.29) is 12.5 Å². The topological polar surface area (TPSA) is 64.7 Å². The van der Waals surface area contributed by atoms with Gasteiger partial charge in [0.25, 0.3) is 0 Å². The van der Waals surface area contributed by atoms with Gasteiger partial charge in [-0.05, 0) is 36.4 Å². The number of hydrogen-bond donors (Lipinski definition) is 1. The molecule has 1 aromatic carbocycles. The lowest BCUT2D eigenvalue weighted by Gasteiger charge is -2.09. The Morgan fingerprint density at radius 2 is 2.12 bits per heavy atom. The quantitative estimate of drug-likeness (QED) is 0.749. The maximum atomic E-state index is 12.3. The highest BCUT2D eigenvalue weighted by Gasteiger charge is 2.14. The van der Waals surface area contributed by atoms with Gasteiger partial charge in [0.1, 0.15) is 18.2 Å². The Labute approximate surface area is 157 Å². The molecule has 0 saturated carbocycles. The number of halogens is 1. The molecular weight excluding hydrogens is 350 g/mol. The van der Waals surface area contributed by atoms with Crippen LogP contribution in [0.3, 0.4) is 0 Å². The van der Waals surface area contributed by atoms with E-state index in [0.29, 0.717) is 18.0 Å². The van der Waals surface area contributed by atoms with Crippen molar-refractivity contribution in [2.24, 2.45) is 0 Å². The summed E-state index contributed by atoms with van der Waals surface area (Å²) in [7, 11) is 0. The third kappa shape index (κ3) is 3.60. The van der Waals surface area contributed by atoms with Gasteiger partial charge < -0.3 is 14.5 Å². The molecule has 0 unspecified atom stereocenters. The van der Waals surface area contributed by atoms with Crippen LogP contribution in [0, 0.1) is 0 Å². The van der Waals surface area contributed by atoms with E-state index in [4.69, 9.17) is 11.6 Å². The molecular formula is C19H22ClN5O. The minimum Gasteiger partial charge on any atom is -0.354 e. The molecule has 0 fully saturated rings. The summed E-state index contributed by atoms with van der Waals surface area (Å²) in [6.45, 7) is 1.83. The Hall–Kier alpha value is -2.34. The molecule has 0 bridgehead atoms. The first-order valence-electron chi connectivity index (χ1n) is 9.13. The monoisotopic (exact) mass is 371 g/mol. The highest BCUT2D eigenvalue weighted by Crippen LogP contribution is 2.20. The Balaban J connectivity index is 1.34. The largest absolute Gasteiger partial charge is 0.354 e. The van der Waals surface area contributed by atoms with Gasteiger partial charge in [-0.2, -0.15) is 0 Å². The Morgan fingerprint density at radius 1 is 1.19 bits per heavy atom. The molecule has 0 atom stereocenters. The third-order valence-electron chi connectivity index (χ3n) is 4.91. The fourth-order valence-corrected chi connectivity index (χ4v) is 3.72. The summed E-state index contributed by atoms with van der Waals surface area (Å²) in [6, 6.07) is 7.69. The van der Waals surface area contributed by atoms with E-state index >= 15 is 0 Å². The van der Waals surface area contributed by atoms with Gasteiger partial charge in [-0.1, -0.05) is 24.1 Å². The van der Waals surface area contributed by atoms with Gasteiger partial charge in [0.2, 0.25) is 5.91 Å². The van der Waals surface area contributed by atoms with Crippen molar-refractivity contribution in [3.63, 3.8) is 0 Å². The van der Waals surface area contributed by atoms with Crippen LogP contribution in [0.2, 0.25) is 5.02 Å². The van der Waals surface area contributed by atoms with Crippen LogP contribution in [0.5, 0.6) is 0 Å². The minimum absolute atomic E-state index is 0.0157. The second-order valence-electron chi connectivity index (χ2n) is 6.74. The van der Waals surface area contributed by atoms with Crippen molar-refractivity contribution in [2.75, 3.05) is 6.54 Å². The fraction of sp³-hybridized carbons (Fsp3) is 0.421. The van der Waals surface area contributed by atoms with Gasteiger partial charge in [0.15, 0.2) is 0 Å². The molecule has 6 nitrogen and oxygen atoms in total. The lowest BCUT2D eigenvalue weighted by molar-refractivity contribution is -0.121. The number of fused-ring (bicyclic) bond motifs is 2. The van der Waals surface area contributed by atoms with Crippen molar-refractivity contribution in [3.8, 4) is 0 Å². The lowest BCUT2D eigenvalue weighted by Crippen LogP contribution is -2.29. The molecule has 0 aliphatic carbocycles. The molecule has 0 spiro atoms. The minimum atomic E-state index is -0.0157. The SMILES string of the molecule is O=C(Cn1ccc2ccc(Cl)cc21)NCCc1nnc2n1CCCCC2. The zero-order valence-electron chi connectivity index (χ0n) is 14.6. The number of carbonyl (C=O) groups excluding carboxylic acids is 1. The molecule has 1 aliphatic heterocycles. The van der Waals surface area contributed by atoms with Crippen LogP contribution in [0.15, 0.2) is 30.5 Å². The van der Waals surface area contributed by atoms with E-state index in [9.17, 15) is 4.79 Å².